The molecule has 0 heterocycles. The first kappa shape index (κ1) is 25.4. The maximum absolute atomic E-state index is 14.3. The van der Waals surface area contributed by atoms with Crippen molar-refractivity contribution in [2.75, 3.05) is 0 Å². The van der Waals surface area contributed by atoms with Gasteiger partial charge in [0.15, 0.2) is 0 Å². The van der Waals surface area contributed by atoms with Crippen LogP contribution >= 0.6 is 0 Å². The van der Waals surface area contributed by atoms with Crippen LogP contribution in [0.2, 0.25) is 0 Å². The fourth-order valence-electron chi connectivity index (χ4n) is 2.39. The molecule has 0 aromatic rings. The van der Waals surface area contributed by atoms with E-state index >= 15 is 0 Å². The fourth-order valence-corrected chi connectivity index (χ4v) is 2.39. The molecule has 0 rings (SSSR count). The second kappa shape index (κ2) is 10.9. The van der Waals surface area contributed by atoms with Gasteiger partial charge < -0.3 is 0 Å². The standard InChI is InChI=1S/C18H30F4.C2H6/c1-8-9-13(4)15(6)17(19,20)18(21,22)16(7)14(5)11-10-12(2)3;1-2/h12-14H,6-11H2,1-5H3;1-2H3. The van der Waals surface area contributed by atoms with Crippen molar-refractivity contribution in [2.24, 2.45) is 17.8 Å². The van der Waals surface area contributed by atoms with Crippen molar-refractivity contribution < 1.29 is 17.6 Å². The SMILES string of the molecule is C=C(C(C)CCC)C(F)(F)C(F)(F)C(=C)C(C)CCC(C)C.CC. The Hall–Kier alpha value is -0.800. The van der Waals surface area contributed by atoms with E-state index in [2.05, 4.69) is 13.2 Å². The number of allylic oxidation sites excluding steroid dienone is 2. The molecule has 0 bridgehead atoms. The molecule has 144 valence electrons. The number of hydrogen-bond acceptors (Lipinski definition) is 0. The summed E-state index contributed by atoms with van der Waals surface area (Å²) in [5.74, 6) is -9.49. The molecule has 0 N–H and O–H groups in total. The van der Waals surface area contributed by atoms with Crippen LogP contribution < -0.4 is 0 Å². The lowest BCUT2D eigenvalue weighted by atomic mass is 9.82. The average molecular weight is 353 g/mol. The van der Waals surface area contributed by atoms with Crippen LogP contribution in [0.4, 0.5) is 17.6 Å². The van der Waals surface area contributed by atoms with Crippen molar-refractivity contribution in [1.29, 1.82) is 0 Å². The van der Waals surface area contributed by atoms with Gasteiger partial charge in [-0.15, -0.1) is 0 Å². The molecule has 0 radical (unpaired) electrons. The quantitative estimate of drug-likeness (QED) is 0.277. The minimum Gasteiger partial charge on any atom is -0.194 e. The molecule has 0 spiro atoms. The molecule has 0 saturated carbocycles. The predicted molar refractivity (Wildman–Crippen MR) is 96.8 cm³/mol. The number of halogens is 4. The highest BCUT2D eigenvalue weighted by Crippen LogP contribution is 2.48. The highest BCUT2D eigenvalue weighted by atomic mass is 19.3. The van der Waals surface area contributed by atoms with Crippen molar-refractivity contribution in [3.05, 3.63) is 24.3 Å². The third kappa shape index (κ3) is 6.60. The van der Waals surface area contributed by atoms with Crippen molar-refractivity contribution >= 4 is 0 Å². The molecule has 0 amide bonds. The molecule has 0 nitrogen and oxygen atoms in total. The summed E-state index contributed by atoms with van der Waals surface area (Å²) in [6.07, 6.45) is 2.20. The largest absolute Gasteiger partial charge is 0.335 e. The van der Waals surface area contributed by atoms with E-state index in [0.717, 1.165) is 0 Å². The lowest BCUT2D eigenvalue weighted by molar-refractivity contribution is -0.168. The van der Waals surface area contributed by atoms with E-state index in [9.17, 15) is 17.6 Å². The highest BCUT2D eigenvalue weighted by Gasteiger charge is 2.60. The molecule has 2 unspecified atom stereocenters. The third-order valence-electron chi connectivity index (χ3n) is 4.29. The van der Waals surface area contributed by atoms with Crippen LogP contribution in [0, 0.1) is 17.8 Å². The number of alkyl halides is 4. The van der Waals surface area contributed by atoms with E-state index < -0.39 is 34.8 Å². The van der Waals surface area contributed by atoms with Crippen LogP contribution in [-0.2, 0) is 0 Å². The van der Waals surface area contributed by atoms with E-state index in [1.165, 1.54) is 13.8 Å². The lowest BCUT2D eigenvalue weighted by Crippen LogP contribution is -2.46. The smallest absolute Gasteiger partial charge is 0.194 e. The van der Waals surface area contributed by atoms with Crippen molar-refractivity contribution in [3.63, 3.8) is 0 Å². The van der Waals surface area contributed by atoms with Gasteiger partial charge in [-0.2, -0.15) is 17.6 Å². The Labute approximate surface area is 146 Å². The number of hydrogen-bond donors (Lipinski definition) is 0. The molecular weight excluding hydrogens is 316 g/mol. The molecule has 2 atom stereocenters. The summed E-state index contributed by atoms with van der Waals surface area (Å²) < 4.78 is 57.2. The van der Waals surface area contributed by atoms with E-state index in [1.54, 1.807) is 0 Å². The molecule has 0 aromatic heterocycles. The van der Waals surface area contributed by atoms with E-state index in [4.69, 9.17) is 0 Å². The van der Waals surface area contributed by atoms with Gasteiger partial charge in [-0.05, 0) is 30.6 Å². The normalized spacial score (nSPS) is 14.7. The van der Waals surface area contributed by atoms with Gasteiger partial charge in [0.25, 0.3) is 0 Å². The Balaban J connectivity index is 0. The monoisotopic (exact) mass is 352 g/mol. The summed E-state index contributed by atoms with van der Waals surface area (Å²) in [7, 11) is 0. The molecule has 0 aliphatic carbocycles. The van der Waals surface area contributed by atoms with E-state index in [-0.39, 0.29) is 0 Å². The van der Waals surface area contributed by atoms with Gasteiger partial charge in [-0.25, -0.2) is 0 Å². The van der Waals surface area contributed by atoms with Crippen LogP contribution in [0.1, 0.15) is 74.1 Å². The Morgan fingerprint density at radius 2 is 1.08 bits per heavy atom. The Morgan fingerprint density at radius 1 is 0.750 bits per heavy atom. The first-order chi connectivity index (χ1) is 10.9. The average Bonchev–Trinajstić information content (AvgIpc) is 2.52. The summed E-state index contributed by atoms with van der Waals surface area (Å²) >= 11 is 0. The molecule has 0 aromatic carbocycles. The van der Waals surface area contributed by atoms with Crippen LogP contribution in [0.3, 0.4) is 0 Å². The molecular formula is C20H36F4. The van der Waals surface area contributed by atoms with Crippen LogP contribution in [-0.4, -0.2) is 11.8 Å². The fraction of sp³-hybridized carbons (Fsp3) is 0.800. The topological polar surface area (TPSA) is 0 Å². The van der Waals surface area contributed by atoms with E-state index in [1.807, 2.05) is 34.6 Å². The highest BCUT2D eigenvalue weighted by molar-refractivity contribution is 5.26. The zero-order chi connectivity index (χ0) is 19.7. The van der Waals surface area contributed by atoms with Gasteiger partial charge in [0.1, 0.15) is 0 Å². The molecule has 0 fully saturated rings. The minimum atomic E-state index is -4.26. The Bertz CT molecular complexity index is 383. The van der Waals surface area contributed by atoms with E-state index in [0.29, 0.717) is 31.6 Å². The molecule has 4 heteroatoms. The third-order valence-corrected chi connectivity index (χ3v) is 4.29. The van der Waals surface area contributed by atoms with Crippen LogP contribution in [0.25, 0.3) is 0 Å². The minimum absolute atomic E-state index is 0.337. The van der Waals surface area contributed by atoms with Gasteiger partial charge in [-0.1, -0.05) is 74.5 Å². The first-order valence-corrected chi connectivity index (χ1v) is 9.03. The predicted octanol–water partition coefficient (Wildman–Crippen LogP) is 7.90. The number of rotatable bonds is 10. The van der Waals surface area contributed by atoms with Crippen LogP contribution in [0.15, 0.2) is 24.3 Å². The Kier molecular flexibility index (Phi) is 11.6. The molecule has 0 aliphatic heterocycles. The summed E-state index contributed by atoms with van der Waals surface area (Å²) in [5.41, 5.74) is -1.39. The molecule has 0 aliphatic rings. The lowest BCUT2D eigenvalue weighted by Gasteiger charge is -2.34. The van der Waals surface area contributed by atoms with Gasteiger partial charge in [0, 0.05) is 11.1 Å². The summed E-state index contributed by atoms with van der Waals surface area (Å²) in [6.45, 7) is 19.4. The van der Waals surface area contributed by atoms with Gasteiger partial charge in [0.05, 0.1) is 0 Å². The molecule has 0 saturated heterocycles. The maximum atomic E-state index is 14.3. The zero-order valence-electron chi connectivity index (χ0n) is 16.5. The summed E-state index contributed by atoms with van der Waals surface area (Å²) in [4.78, 5) is 0. The summed E-state index contributed by atoms with van der Waals surface area (Å²) in [5, 5.41) is 0. The zero-order valence-corrected chi connectivity index (χ0v) is 16.5. The van der Waals surface area contributed by atoms with Crippen molar-refractivity contribution in [2.45, 2.75) is 86.0 Å². The second-order valence-corrected chi connectivity index (χ2v) is 6.76. The second-order valence-electron chi connectivity index (χ2n) is 6.76. The van der Waals surface area contributed by atoms with Gasteiger partial charge in [0.2, 0.25) is 0 Å². The van der Waals surface area contributed by atoms with Crippen molar-refractivity contribution in [1.82, 2.24) is 0 Å². The van der Waals surface area contributed by atoms with Crippen LogP contribution in [0.5, 0.6) is 0 Å². The first-order valence-electron chi connectivity index (χ1n) is 9.03. The maximum Gasteiger partial charge on any atom is 0.335 e. The van der Waals surface area contributed by atoms with Crippen molar-refractivity contribution in [3.8, 4) is 0 Å². The van der Waals surface area contributed by atoms with Gasteiger partial charge in [-0.3, -0.25) is 0 Å². The Morgan fingerprint density at radius 3 is 1.38 bits per heavy atom. The molecule has 24 heavy (non-hydrogen) atoms. The van der Waals surface area contributed by atoms with Gasteiger partial charge >= 0.3 is 11.8 Å². The summed E-state index contributed by atoms with van der Waals surface area (Å²) in [6, 6.07) is 0.